The number of unbranched alkanes of at least 4 members (excludes halogenated alkanes) is 8. The molecule has 0 aliphatic rings. The number of hydrogen-bond acceptors (Lipinski definition) is 4. The molecule has 0 bridgehead atoms. The summed E-state index contributed by atoms with van der Waals surface area (Å²) in [6.07, 6.45) is 11.1. The van der Waals surface area contributed by atoms with E-state index < -0.39 is 4.92 Å². The van der Waals surface area contributed by atoms with Gasteiger partial charge in [-0.05, 0) is 12.5 Å². The van der Waals surface area contributed by atoms with Gasteiger partial charge in [0.2, 0.25) is 0 Å². The number of carbonyl (C=O) groups is 1. The Balaban J connectivity index is 2.11. The third-order valence-electron chi connectivity index (χ3n) is 3.74. The Labute approximate surface area is 138 Å². The van der Waals surface area contributed by atoms with Crippen LogP contribution in [0.5, 0.6) is 5.75 Å². The number of ether oxygens (including phenoxy) is 1. The summed E-state index contributed by atoms with van der Waals surface area (Å²) in [6, 6.07) is 5.71. The van der Waals surface area contributed by atoms with Crippen molar-refractivity contribution in [1.82, 2.24) is 0 Å². The van der Waals surface area contributed by atoms with Gasteiger partial charge in [0.15, 0.2) is 0 Å². The van der Waals surface area contributed by atoms with E-state index in [1.807, 2.05) is 0 Å². The Kier molecular flexibility index (Phi) is 9.68. The molecular weight excluding hydrogens is 294 g/mol. The third kappa shape index (κ3) is 8.96. The Morgan fingerprint density at radius 2 is 1.65 bits per heavy atom. The number of rotatable bonds is 12. The molecule has 0 N–H and O–H groups in total. The van der Waals surface area contributed by atoms with Crippen LogP contribution >= 0.6 is 0 Å². The molecule has 0 saturated heterocycles. The zero-order chi connectivity index (χ0) is 16.9. The number of hydrogen-bond donors (Lipinski definition) is 0. The van der Waals surface area contributed by atoms with Crippen molar-refractivity contribution in [2.45, 2.75) is 71.1 Å². The van der Waals surface area contributed by atoms with Gasteiger partial charge in [0.1, 0.15) is 5.75 Å². The molecule has 0 aromatic heterocycles. The van der Waals surface area contributed by atoms with Gasteiger partial charge in [0.25, 0.3) is 5.69 Å². The Bertz CT molecular complexity index is 488. The van der Waals surface area contributed by atoms with Gasteiger partial charge in [-0.3, -0.25) is 14.9 Å². The maximum absolute atomic E-state index is 11.7. The lowest BCUT2D eigenvalue weighted by molar-refractivity contribution is -0.384. The smallest absolute Gasteiger partial charge is 0.311 e. The summed E-state index contributed by atoms with van der Waals surface area (Å²) in [4.78, 5) is 21.9. The van der Waals surface area contributed by atoms with Crippen LogP contribution in [-0.2, 0) is 4.79 Å². The largest absolute Gasteiger partial charge is 0.426 e. The molecule has 5 nitrogen and oxygen atoms in total. The molecule has 5 heteroatoms. The van der Waals surface area contributed by atoms with E-state index in [1.54, 1.807) is 6.07 Å². The first kappa shape index (κ1) is 19.1. The third-order valence-corrected chi connectivity index (χ3v) is 3.74. The summed E-state index contributed by atoms with van der Waals surface area (Å²) >= 11 is 0. The topological polar surface area (TPSA) is 69.4 Å². The minimum atomic E-state index is -0.502. The molecule has 0 atom stereocenters. The van der Waals surface area contributed by atoms with Crippen LogP contribution in [0, 0.1) is 10.1 Å². The van der Waals surface area contributed by atoms with E-state index in [-0.39, 0.29) is 17.4 Å². The molecule has 1 aromatic carbocycles. The lowest BCUT2D eigenvalue weighted by atomic mass is 10.1. The van der Waals surface area contributed by atoms with Crippen molar-refractivity contribution in [3.8, 4) is 5.75 Å². The molecule has 23 heavy (non-hydrogen) atoms. The van der Waals surface area contributed by atoms with Crippen LogP contribution in [0.4, 0.5) is 5.69 Å². The zero-order valence-corrected chi connectivity index (χ0v) is 14.0. The highest BCUT2D eigenvalue weighted by molar-refractivity contribution is 5.72. The molecule has 128 valence electrons. The van der Waals surface area contributed by atoms with E-state index in [1.165, 1.54) is 56.7 Å². The predicted octanol–water partition coefficient (Wildman–Crippen LogP) is 5.42. The monoisotopic (exact) mass is 321 g/mol. The van der Waals surface area contributed by atoms with Crippen molar-refractivity contribution in [3.05, 3.63) is 34.4 Å². The summed E-state index contributed by atoms with van der Waals surface area (Å²) < 4.78 is 5.13. The predicted molar refractivity (Wildman–Crippen MR) is 90.6 cm³/mol. The Morgan fingerprint density at radius 3 is 2.26 bits per heavy atom. The average molecular weight is 321 g/mol. The maximum atomic E-state index is 11.7. The molecule has 1 rings (SSSR count). The first-order valence-electron chi connectivity index (χ1n) is 8.58. The fraction of sp³-hybridized carbons (Fsp3) is 0.611. The van der Waals surface area contributed by atoms with Crippen LogP contribution in [0.15, 0.2) is 24.3 Å². The number of nitro groups is 1. The van der Waals surface area contributed by atoms with Crippen LogP contribution in [0.2, 0.25) is 0 Å². The van der Waals surface area contributed by atoms with Gasteiger partial charge in [0, 0.05) is 12.5 Å². The van der Waals surface area contributed by atoms with Gasteiger partial charge in [-0.15, -0.1) is 0 Å². The molecular formula is C18H27NO4. The Morgan fingerprint density at radius 1 is 1.04 bits per heavy atom. The van der Waals surface area contributed by atoms with Crippen LogP contribution < -0.4 is 4.74 Å². The fourth-order valence-corrected chi connectivity index (χ4v) is 2.42. The van der Waals surface area contributed by atoms with Crippen molar-refractivity contribution < 1.29 is 14.5 Å². The average Bonchev–Trinajstić information content (AvgIpc) is 2.53. The number of nitrogens with zero attached hydrogens (tertiary/aromatic N) is 1. The molecule has 0 aliphatic carbocycles. The van der Waals surface area contributed by atoms with Gasteiger partial charge in [0.05, 0.1) is 11.0 Å². The van der Waals surface area contributed by atoms with E-state index in [4.69, 9.17) is 4.74 Å². The molecule has 0 fully saturated rings. The zero-order valence-electron chi connectivity index (χ0n) is 14.0. The number of benzene rings is 1. The van der Waals surface area contributed by atoms with Crippen molar-refractivity contribution in [1.29, 1.82) is 0 Å². The summed E-state index contributed by atoms with van der Waals surface area (Å²) in [5.74, 6) is -0.0893. The van der Waals surface area contributed by atoms with Gasteiger partial charge in [-0.1, -0.05) is 64.4 Å². The van der Waals surface area contributed by atoms with Gasteiger partial charge < -0.3 is 4.74 Å². The molecule has 0 radical (unpaired) electrons. The first-order valence-corrected chi connectivity index (χ1v) is 8.58. The summed E-state index contributed by atoms with van der Waals surface area (Å²) in [5.41, 5.74) is -0.0710. The molecule has 0 heterocycles. The van der Waals surface area contributed by atoms with Crippen molar-refractivity contribution >= 4 is 11.7 Å². The molecule has 0 saturated carbocycles. The van der Waals surface area contributed by atoms with E-state index in [9.17, 15) is 14.9 Å². The van der Waals surface area contributed by atoms with E-state index in [0.717, 1.165) is 19.3 Å². The van der Waals surface area contributed by atoms with Crippen LogP contribution in [0.25, 0.3) is 0 Å². The fourth-order valence-electron chi connectivity index (χ4n) is 2.42. The lowest BCUT2D eigenvalue weighted by Crippen LogP contribution is -2.07. The van der Waals surface area contributed by atoms with Crippen molar-refractivity contribution in [3.63, 3.8) is 0 Å². The van der Waals surface area contributed by atoms with Crippen LogP contribution in [0.1, 0.15) is 71.1 Å². The summed E-state index contributed by atoms with van der Waals surface area (Å²) in [7, 11) is 0. The standard InChI is InChI=1S/C18H27NO4/c1-2-3-4-5-6-7-8-9-10-14-18(20)23-17-13-11-12-16(15-17)19(21)22/h11-13,15H,2-10,14H2,1H3. The normalized spacial score (nSPS) is 10.5. The number of nitro benzene ring substituents is 1. The summed E-state index contributed by atoms with van der Waals surface area (Å²) in [5, 5.41) is 10.7. The van der Waals surface area contributed by atoms with E-state index in [2.05, 4.69) is 6.92 Å². The Hall–Kier alpha value is -1.91. The minimum Gasteiger partial charge on any atom is -0.426 e. The van der Waals surface area contributed by atoms with E-state index in [0.29, 0.717) is 6.42 Å². The second-order valence-corrected chi connectivity index (χ2v) is 5.81. The highest BCUT2D eigenvalue weighted by Crippen LogP contribution is 2.20. The SMILES string of the molecule is CCCCCCCCCCCC(=O)Oc1cccc([N+](=O)[O-])c1. The first-order chi connectivity index (χ1) is 11.1. The molecule has 1 aromatic rings. The van der Waals surface area contributed by atoms with Gasteiger partial charge in [-0.25, -0.2) is 0 Å². The second-order valence-electron chi connectivity index (χ2n) is 5.81. The lowest BCUT2D eigenvalue weighted by Gasteiger charge is -2.04. The molecule has 0 aliphatic heterocycles. The molecule has 0 spiro atoms. The highest BCUT2D eigenvalue weighted by atomic mass is 16.6. The van der Waals surface area contributed by atoms with Crippen LogP contribution in [0.3, 0.4) is 0 Å². The summed E-state index contributed by atoms with van der Waals surface area (Å²) in [6.45, 7) is 2.22. The number of non-ortho nitro benzene ring substituents is 1. The minimum absolute atomic E-state index is 0.0710. The van der Waals surface area contributed by atoms with Gasteiger partial charge in [-0.2, -0.15) is 0 Å². The number of esters is 1. The van der Waals surface area contributed by atoms with Crippen molar-refractivity contribution in [2.75, 3.05) is 0 Å². The molecule has 0 unspecified atom stereocenters. The second kappa shape index (κ2) is 11.6. The molecule has 0 amide bonds. The quantitative estimate of drug-likeness (QED) is 0.169. The maximum Gasteiger partial charge on any atom is 0.311 e. The van der Waals surface area contributed by atoms with Crippen molar-refractivity contribution in [2.24, 2.45) is 0 Å². The van der Waals surface area contributed by atoms with Crippen LogP contribution in [-0.4, -0.2) is 10.9 Å². The van der Waals surface area contributed by atoms with Gasteiger partial charge >= 0.3 is 5.97 Å². The van der Waals surface area contributed by atoms with E-state index >= 15 is 0 Å². The number of carbonyl (C=O) groups excluding carboxylic acids is 1. The highest BCUT2D eigenvalue weighted by Gasteiger charge is 2.09.